The van der Waals surface area contributed by atoms with Gasteiger partial charge in [0.15, 0.2) is 0 Å². The van der Waals surface area contributed by atoms with Gasteiger partial charge in [0.25, 0.3) is 0 Å². The fourth-order valence-electron chi connectivity index (χ4n) is 1.03. The third-order valence-electron chi connectivity index (χ3n) is 1.81. The maximum atomic E-state index is 5.29. The van der Waals surface area contributed by atoms with Crippen LogP contribution in [0.4, 0.5) is 0 Å². The molecule has 0 N–H and O–H groups in total. The van der Waals surface area contributed by atoms with E-state index in [1.165, 1.54) is 12.8 Å². The van der Waals surface area contributed by atoms with Crippen LogP contribution in [-0.4, -0.2) is 22.4 Å². The summed E-state index contributed by atoms with van der Waals surface area (Å²) >= 11 is 0. The Labute approximate surface area is 72.7 Å². The summed E-state index contributed by atoms with van der Waals surface area (Å²) in [4.78, 5) is 0. The van der Waals surface area contributed by atoms with E-state index in [0.29, 0.717) is 0 Å². The molecule has 0 saturated carbocycles. The molecule has 0 heterocycles. The molecule has 0 fully saturated rings. The van der Waals surface area contributed by atoms with Crippen molar-refractivity contribution in [2.45, 2.75) is 33.6 Å². The third kappa shape index (κ3) is 6.32. The van der Waals surface area contributed by atoms with Crippen molar-refractivity contribution in [1.82, 2.24) is 0 Å². The zero-order chi connectivity index (χ0) is 8.53. The molecular weight excluding hydrogens is 152 g/mol. The maximum absolute atomic E-state index is 5.29. The van der Waals surface area contributed by atoms with Gasteiger partial charge in [-0.2, -0.15) is 0 Å². The number of hydrogen-bond acceptors (Lipinski definition) is 1. The molecule has 0 spiro atoms. The van der Waals surface area contributed by atoms with Gasteiger partial charge in [0.05, 0.1) is 9.52 Å². The summed E-state index contributed by atoms with van der Waals surface area (Å²) in [6.45, 7) is 7.38. The Morgan fingerprint density at radius 2 is 1.91 bits per heavy atom. The largest absolute Gasteiger partial charge is 0.385 e. The van der Waals surface area contributed by atoms with Gasteiger partial charge in [0, 0.05) is 12.8 Å². The highest BCUT2D eigenvalue weighted by atomic mass is 28.2. The highest BCUT2D eigenvalue weighted by Gasteiger charge is 1.89. The van der Waals surface area contributed by atoms with Gasteiger partial charge in [-0.3, -0.25) is 0 Å². The molecule has 0 aliphatic carbocycles. The first-order valence-corrected chi connectivity index (χ1v) is 6.42. The van der Waals surface area contributed by atoms with Crippen LogP contribution in [0.3, 0.4) is 0 Å². The second kappa shape index (κ2) is 8.02. The molecule has 0 aromatic rings. The molecule has 0 amide bonds. The second-order valence-electron chi connectivity index (χ2n) is 2.56. The molecule has 0 atom stereocenters. The fourth-order valence-corrected chi connectivity index (χ4v) is 2.59. The van der Waals surface area contributed by atoms with Crippen molar-refractivity contribution in [3.8, 4) is 0 Å². The molecule has 0 aliphatic rings. The highest BCUT2D eigenvalue weighted by Crippen LogP contribution is 2.03. The van der Waals surface area contributed by atoms with Crippen LogP contribution in [0.5, 0.6) is 0 Å². The fraction of sp³-hybridized carbons (Fsp3) is 0.778. The lowest BCUT2D eigenvalue weighted by atomic mass is 10.2. The molecule has 0 unspecified atom stereocenters. The lowest BCUT2D eigenvalue weighted by Gasteiger charge is -1.99. The minimum atomic E-state index is -0.0534. The van der Waals surface area contributed by atoms with Crippen LogP contribution < -0.4 is 0 Å². The van der Waals surface area contributed by atoms with Crippen LogP contribution >= 0.6 is 0 Å². The maximum Gasteiger partial charge on any atom is 0.0756 e. The summed E-state index contributed by atoms with van der Waals surface area (Å²) in [6, 6.07) is 0. The molecule has 2 heteroatoms. The lowest BCUT2D eigenvalue weighted by molar-refractivity contribution is 0.193. The normalized spacial score (nSPS) is 10.8. The number of hydrogen-bond donors (Lipinski definition) is 0. The Morgan fingerprint density at radius 3 is 2.36 bits per heavy atom. The first-order valence-electron chi connectivity index (χ1n) is 4.60. The van der Waals surface area contributed by atoms with Crippen molar-refractivity contribution >= 4 is 9.52 Å². The molecule has 11 heavy (non-hydrogen) atoms. The number of rotatable bonds is 6. The Balaban J connectivity index is 3.37. The summed E-state index contributed by atoms with van der Waals surface area (Å²) in [6.07, 6.45) is 3.45. The summed E-state index contributed by atoms with van der Waals surface area (Å²) in [5, 5.41) is 0. The van der Waals surface area contributed by atoms with Gasteiger partial charge in [-0.15, -0.1) is 0 Å². The van der Waals surface area contributed by atoms with Gasteiger partial charge in [0.2, 0.25) is 0 Å². The van der Waals surface area contributed by atoms with E-state index in [9.17, 15) is 0 Å². The minimum Gasteiger partial charge on any atom is -0.385 e. The van der Waals surface area contributed by atoms with Gasteiger partial charge >= 0.3 is 0 Å². The average Bonchev–Trinajstić information content (AvgIpc) is 2.05. The third-order valence-corrected chi connectivity index (χ3v) is 3.20. The highest BCUT2D eigenvalue weighted by molar-refractivity contribution is 6.42. The Morgan fingerprint density at radius 1 is 1.27 bits per heavy atom. The van der Waals surface area contributed by atoms with Crippen LogP contribution in [0, 0.1) is 0 Å². The predicted octanol–water partition coefficient (Wildman–Crippen LogP) is 1.85. The van der Waals surface area contributed by atoms with E-state index in [1.807, 2.05) is 0 Å². The summed E-state index contributed by atoms with van der Waals surface area (Å²) in [5.41, 5.74) is 4.05. The van der Waals surface area contributed by atoms with Crippen molar-refractivity contribution in [2.75, 3.05) is 12.8 Å². The molecule has 0 aromatic carbocycles. The molecule has 66 valence electrons. The quantitative estimate of drug-likeness (QED) is 0.439. The van der Waals surface area contributed by atoms with Gasteiger partial charge < -0.3 is 4.74 Å². The standard InChI is InChI=1S/C9H20OSi/c1-4-9(5-2)7-11-8-10-6-3/h7H,4-6,8,11H2,1-3H3. The van der Waals surface area contributed by atoms with Crippen LogP contribution in [-0.2, 0) is 4.74 Å². The number of allylic oxidation sites excluding steroid dienone is 1. The van der Waals surface area contributed by atoms with E-state index in [0.717, 1.165) is 12.8 Å². The SMILES string of the molecule is CCOC[SiH2]C=C(CC)CC. The van der Waals surface area contributed by atoms with Crippen molar-refractivity contribution in [3.05, 3.63) is 11.3 Å². The molecule has 0 bridgehead atoms. The smallest absolute Gasteiger partial charge is 0.0756 e. The monoisotopic (exact) mass is 172 g/mol. The van der Waals surface area contributed by atoms with Crippen LogP contribution in [0.15, 0.2) is 11.3 Å². The molecule has 0 radical (unpaired) electrons. The zero-order valence-corrected chi connectivity index (χ0v) is 9.44. The molecular formula is C9H20OSi. The lowest BCUT2D eigenvalue weighted by Crippen LogP contribution is -2.01. The Kier molecular flexibility index (Phi) is 7.96. The van der Waals surface area contributed by atoms with Gasteiger partial charge in [-0.25, -0.2) is 0 Å². The Bertz CT molecular complexity index is 104. The van der Waals surface area contributed by atoms with E-state index < -0.39 is 0 Å². The molecule has 0 aliphatic heterocycles. The molecule has 0 aromatic heterocycles. The molecule has 0 rings (SSSR count). The van der Waals surface area contributed by atoms with Crippen LogP contribution in [0.2, 0.25) is 0 Å². The van der Waals surface area contributed by atoms with Crippen LogP contribution in [0.25, 0.3) is 0 Å². The van der Waals surface area contributed by atoms with E-state index in [4.69, 9.17) is 4.74 Å². The van der Waals surface area contributed by atoms with Crippen LogP contribution in [0.1, 0.15) is 33.6 Å². The second-order valence-corrected chi connectivity index (χ2v) is 3.95. The summed E-state index contributed by atoms with van der Waals surface area (Å²) in [7, 11) is -0.0534. The van der Waals surface area contributed by atoms with E-state index in [-0.39, 0.29) is 9.52 Å². The van der Waals surface area contributed by atoms with Crippen molar-refractivity contribution < 1.29 is 4.74 Å². The average molecular weight is 172 g/mol. The molecule has 0 saturated heterocycles. The predicted molar refractivity (Wildman–Crippen MR) is 53.7 cm³/mol. The summed E-state index contributed by atoms with van der Waals surface area (Å²) < 4.78 is 5.29. The van der Waals surface area contributed by atoms with E-state index in [1.54, 1.807) is 5.57 Å². The van der Waals surface area contributed by atoms with Crippen molar-refractivity contribution in [1.29, 1.82) is 0 Å². The van der Waals surface area contributed by atoms with Crippen molar-refractivity contribution in [2.24, 2.45) is 0 Å². The molecule has 1 nitrogen and oxygen atoms in total. The van der Waals surface area contributed by atoms with Gasteiger partial charge in [-0.05, 0) is 19.8 Å². The van der Waals surface area contributed by atoms with Gasteiger partial charge in [-0.1, -0.05) is 25.1 Å². The van der Waals surface area contributed by atoms with E-state index >= 15 is 0 Å². The van der Waals surface area contributed by atoms with Crippen molar-refractivity contribution in [3.63, 3.8) is 0 Å². The zero-order valence-electron chi connectivity index (χ0n) is 8.02. The first-order chi connectivity index (χ1) is 5.35. The van der Waals surface area contributed by atoms with E-state index in [2.05, 4.69) is 26.5 Å². The summed E-state index contributed by atoms with van der Waals surface area (Å²) in [5.74, 6) is 0. The topological polar surface area (TPSA) is 9.23 Å². The van der Waals surface area contributed by atoms with Gasteiger partial charge in [0.1, 0.15) is 0 Å². The Hall–Kier alpha value is -0.0831. The first kappa shape index (κ1) is 10.9. The minimum absolute atomic E-state index is 0.0534. The number of ether oxygens (including phenoxy) is 1.